The Hall–Kier alpha value is -1.56. The van der Waals surface area contributed by atoms with Gasteiger partial charge in [0.15, 0.2) is 5.82 Å². The average molecular weight is 224 g/mol. The predicted octanol–water partition coefficient (Wildman–Crippen LogP) is 1.99. The van der Waals surface area contributed by atoms with E-state index in [4.69, 9.17) is 0 Å². The summed E-state index contributed by atoms with van der Waals surface area (Å²) in [5, 5.41) is 5.89. The minimum Gasteiger partial charge on any atom is -0.348 e. The van der Waals surface area contributed by atoms with Gasteiger partial charge in [0.2, 0.25) is 5.95 Å². The fourth-order valence-corrected chi connectivity index (χ4v) is 1.75. The molecule has 2 rings (SSSR count). The van der Waals surface area contributed by atoms with Gasteiger partial charge in [-0.25, -0.2) is 19.3 Å². The van der Waals surface area contributed by atoms with Gasteiger partial charge in [-0.3, -0.25) is 0 Å². The Labute approximate surface area is 90.2 Å². The van der Waals surface area contributed by atoms with Crippen LogP contribution in [0.25, 0.3) is 0 Å². The number of aromatic nitrogens is 3. The molecule has 78 valence electrons. The second kappa shape index (κ2) is 4.31. The third kappa shape index (κ3) is 2.69. The van der Waals surface area contributed by atoms with Crippen molar-refractivity contribution in [3.05, 3.63) is 34.3 Å². The third-order valence-corrected chi connectivity index (χ3v) is 2.65. The maximum absolute atomic E-state index is 12.5. The molecule has 0 aliphatic heterocycles. The Balaban J connectivity index is 1.96. The predicted molar refractivity (Wildman–Crippen MR) is 56.2 cm³/mol. The van der Waals surface area contributed by atoms with Gasteiger partial charge in [-0.2, -0.15) is 0 Å². The number of anilines is 1. The van der Waals surface area contributed by atoms with E-state index in [2.05, 4.69) is 20.3 Å². The summed E-state index contributed by atoms with van der Waals surface area (Å²) >= 11 is 1.57. The van der Waals surface area contributed by atoms with Crippen molar-refractivity contribution in [3.8, 4) is 0 Å². The molecule has 0 aromatic carbocycles. The number of aryl methyl sites for hydroxylation is 1. The topological polar surface area (TPSA) is 50.7 Å². The quantitative estimate of drug-likeness (QED) is 0.866. The van der Waals surface area contributed by atoms with Crippen molar-refractivity contribution < 1.29 is 4.39 Å². The van der Waals surface area contributed by atoms with Crippen LogP contribution >= 0.6 is 11.3 Å². The highest BCUT2D eigenvalue weighted by atomic mass is 32.1. The van der Waals surface area contributed by atoms with E-state index in [9.17, 15) is 4.39 Å². The van der Waals surface area contributed by atoms with Crippen LogP contribution in [0.15, 0.2) is 17.8 Å². The molecule has 0 radical (unpaired) electrons. The standard InChI is InChI=1S/C9H9FN4S/c1-6-5-15-8(14-6)4-13-9-11-2-7(10)3-12-9/h2-3,5H,4H2,1H3,(H,11,12,13). The van der Waals surface area contributed by atoms with Crippen molar-refractivity contribution in [2.24, 2.45) is 0 Å². The van der Waals surface area contributed by atoms with Crippen molar-refractivity contribution >= 4 is 17.3 Å². The van der Waals surface area contributed by atoms with Crippen LogP contribution in [-0.2, 0) is 6.54 Å². The summed E-state index contributed by atoms with van der Waals surface area (Å²) in [6.45, 7) is 2.50. The molecule has 0 atom stereocenters. The van der Waals surface area contributed by atoms with E-state index in [1.165, 1.54) is 0 Å². The van der Waals surface area contributed by atoms with E-state index < -0.39 is 5.82 Å². The number of rotatable bonds is 3. The maximum atomic E-state index is 12.5. The molecule has 0 bridgehead atoms. The molecule has 0 unspecified atom stereocenters. The number of hydrogen-bond acceptors (Lipinski definition) is 5. The highest BCUT2D eigenvalue weighted by Crippen LogP contribution is 2.09. The van der Waals surface area contributed by atoms with Crippen LogP contribution in [0.5, 0.6) is 0 Å². The minimum absolute atomic E-state index is 0.407. The fraction of sp³-hybridized carbons (Fsp3) is 0.222. The summed E-state index contributed by atoms with van der Waals surface area (Å²) in [6.07, 6.45) is 2.25. The molecule has 2 heterocycles. The van der Waals surface area contributed by atoms with Crippen LogP contribution in [0.2, 0.25) is 0 Å². The molecule has 15 heavy (non-hydrogen) atoms. The van der Waals surface area contributed by atoms with Crippen molar-refractivity contribution in [2.45, 2.75) is 13.5 Å². The number of nitrogens with zero attached hydrogens (tertiary/aromatic N) is 3. The first kappa shape index (κ1) is 9.97. The van der Waals surface area contributed by atoms with Gasteiger partial charge in [-0.15, -0.1) is 11.3 Å². The van der Waals surface area contributed by atoms with E-state index in [0.717, 1.165) is 23.1 Å². The molecule has 2 aromatic heterocycles. The van der Waals surface area contributed by atoms with Crippen LogP contribution in [-0.4, -0.2) is 15.0 Å². The lowest BCUT2D eigenvalue weighted by atomic mass is 10.5. The molecule has 0 aliphatic carbocycles. The normalized spacial score (nSPS) is 10.3. The van der Waals surface area contributed by atoms with Crippen molar-refractivity contribution in [1.82, 2.24) is 15.0 Å². The van der Waals surface area contributed by atoms with E-state index in [1.54, 1.807) is 11.3 Å². The lowest BCUT2D eigenvalue weighted by Gasteiger charge is -2.00. The molecule has 0 amide bonds. The molecule has 1 N–H and O–H groups in total. The van der Waals surface area contributed by atoms with Gasteiger partial charge in [0.1, 0.15) is 5.01 Å². The van der Waals surface area contributed by atoms with Gasteiger partial charge in [-0.05, 0) is 6.92 Å². The molecule has 0 saturated heterocycles. The second-order valence-electron chi connectivity index (χ2n) is 2.96. The lowest BCUT2D eigenvalue weighted by molar-refractivity contribution is 0.614. The highest BCUT2D eigenvalue weighted by Gasteiger charge is 2.00. The zero-order valence-electron chi connectivity index (χ0n) is 8.07. The molecule has 0 spiro atoms. The lowest BCUT2D eigenvalue weighted by Crippen LogP contribution is -2.03. The summed E-state index contributed by atoms with van der Waals surface area (Å²) < 4.78 is 12.5. The van der Waals surface area contributed by atoms with Crippen molar-refractivity contribution in [3.63, 3.8) is 0 Å². The van der Waals surface area contributed by atoms with Gasteiger partial charge in [-0.1, -0.05) is 0 Å². The molecule has 0 fully saturated rings. The molecule has 4 nitrogen and oxygen atoms in total. The Kier molecular flexibility index (Phi) is 2.86. The molecular formula is C9H9FN4S. The highest BCUT2D eigenvalue weighted by molar-refractivity contribution is 7.09. The molecule has 0 saturated carbocycles. The van der Waals surface area contributed by atoms with E-state index in [0.29, 0.717) is 12.5 Å². The first-order chi connectivity index (χ1) is 7.24. The van der Waals surface area contributed by atoms with Crippen molar-refractivity contribution in [2.75, 3.05) is 5.32 Å². The fourth-order valence-electron chi connectivity index (χ4n) is 1.04. The first-order valence-electron chi connectivity index (χ1n) is 4.36. The smallest absolute Gasteiger partial charge is 0.223 e. The summed E-state index contributed by atoms with van der Waals surface area (Å²) in [5.74, 6) is -0.0325. The number of thiazole rings is 1. The number of halogens is 1. The largest absolute Gasteiger partial charge is 0.348 e. The van der Waals surface area contributed by atoms with Crippen molar-refractivity contribution in [1.29, 1.82) is 0 Å². The van der Waals surface area contributed by atoms with Crippen LogP contribution in [0.3, 0.4) is 0 Å². The summed E-state index contributed by atoms with van der Waals surface area (Å²) in [4.78, 5) is 11.8. The Bertz CT molecular complexity index is 440. The zero-order chi connectivity index (χ0) is 10.7. The SMILES string of the molecule is Cc1csc(CNc2ncc(F)cn2)n1. The summed E-state index contributed by atoms with van der Waals surface area (Å²) in [6, 6.07) is 0. The van der Waals surface area contributed by atoms with Crippen LogP contribution in [0.4, 0.5) is 10.3 Å². The van der Waals surface area contributed by atoms with Gasteiger partial charge in [0.25, 0.3) is 0 Å². The van der Waals surface area contributed by atoms with Gasteiger partial charge >= 0.3 is 0 Å². The Morgan fingerprint density at radius 1 is 1.40 bits per heavy atom. The van der Waals surface area contributed by atoms with Gasteiger partial charge < -0.3 is 5.32 Å². The van der Waals surface area contributed by atoms with Crippen LogP contribution in [0.1, 0.15) is 10.7 Å². The molecular weight excluding hydrogens is 215 g/mol. The first-order valence-corrected chi connectivity index (χ1v) is 5.24. The third-order valence-electron chi connectivity index (χ3n) is 1.68. The summed E-state index contributed by atoms with van der Waals surface area (Å²) in [5.41, 5.74) is 0.997. The maximum Gasteiger partial charge on any atom is 0.223 e. The van der Waals surface area contributed by atoms with E-state index in [-0.39, 0.29) is 0 Å². The Morgan fingerprint density at radius 3 is 2.73 bits per heavy atom. The molecule has 2 aromatic rings. The average Bonchev–Trinajstić information content (AvgIpc) is 2.64. The van der Waals surface area contributed by atoms with Gasteiger partial charge in [0, 0.05) is 11.1 Å². The Morgan fingerprint density at radius 2 is 2.13 bits per heavy atom. The molecule has 6 heteroatoms. The van der Waals surface area contributed by atoms with Crippen LogP contribution in [0, 0.1) is 12.7 Å². The van der Waals surface area contributed by atoms with E-state index in [1.807, 2.05) is 12.3 Å². The van der Waals surface area contributed by atoms with E-state index >= 15 is 0 Å². The van der Waals surface area contributed by atoms with Crippen LogP contribution < -0.4 is 5.32 Å². The van der Waals surface area contributed by atoms with Gasteiger partial charge in [0.05, 0.1) is 18.9 Å². The second-order valence-corrected chi connectivity index (χ2v) is 3.90. The number of nitrogens with one attached hydrogen (secondary N) is 1. The number of hydrogen-bond donors (Lipinski definition) is 1. The monoisotopic (exact) mass is 224 g/mol. The summed E-state index contributed by atoms with van der Waals surface area (Å²) in [7, 11) is 0. The molecule has 0 aliphatic rings. The minimum atomic E-state index is -0.439. The zero-order valence-corrected chi connectivity index (χ0v) is 8.88.